The third-order valence-electron chi connectivity index (χ3n) is 2.65. The second-order valence-electron chi connectivity index (χ2n) is 4.35. The Bertz CT molecular complexity index is 652. The number of nitrogens with zero attached hydrogens (tertiary/aromatic N) is 2. The van der Waals surface area contributed by atoms with Gasteiger partial charge in [0.05, 0.1) is 12.2 Å². The van der Waals surface area contributed by atoms with Crippen LogP contribution in [0.3, 0.4) is 0 Å². The SMILES string of the molecule is CCCOc1ccccc1/C=C(/C#N)c1nc(C)cs1. The lowest BCUT2D eigenvalue weighted by molar-refractivity contribution is 0.317. The number of hydrogen-bond acceptors (Lipinski definition) is 4. The third kappa shape index (κ3) is 3.46. The molecule has 0 aliphatic carbocycles. The maximum Gasteiger partial charge on any atom is 0.134 e. The Labute approximate surface area is 123 Å². The molecule has 0 amide bonds. The summed E-state index contributed by atoms with van der Waals surface area (Å²) in [6.45, 7) is 4.66. The van der Waals surface area contributed by atoms with Crippen molar-refractivity contribution in [2.24, 2.45) is 0 Å². The van der Waals surface area contributed by atoms with Gasteiger partial charge in [0.1, 0.15) is 16.8 Å². The molecule has 1 aromatic heterocycles. The first-order valence-electron chi connectivity index (χ1n) is 6.50. The normalized spacial score (nSPS) is 11.2. The van der Waals surface area contributed by atoms with Gasteiger partial charge in [-0.3, -0.25) is 0 Å². The molecule has 0 saturated heterocycles. The van der Waals surface area contributed by atoms with E-state index < -0.39 is 0 Å². The molecule has 0 aliphatic heterocycles. The molecular formula is C16H16N2OS. The van der Waals surface area contributed by atoms with E-state index in [-0.39, 0.29) is 0 Å². The number of aryl methyl sites for hydroxylation is 1. The molecule has 0 aliphatic rings. The molecule has 1 heterocycles. The van der Waals surface area contributed by atoms with E-state index >= 15 is 0 Å². The van der Waals surface area contributed by atoms with Gasteiger partial charge in [-0.15, -0.1) is 11.3 Å². The topological polar surface area (TPSA) is 45.9 Å². The van der Waals surface area contributed by atoms with Crippen LogP contribution in [0.15, 0.2) is 29.6 Å². The van der Waals surface area contributed by atoms with Crippen molar-refractivity contribution in [3.8, 4) is 11.8 Å². The van der Waals surface area contributed by atoms with E-state index in [1.807, 2.05) is 42.6 Å². The van der Waals surface area contributed by atoms with Gasteiger partial charge in [0.15, 0.2) is 0 Å². The number of thiazole rings is 1. The molecular weight excluding hydrogens is 268 g/mol. The quantitative estimate of drug-likeness (QED) is 0.769. The van der Waals surface area contributed by atoms with Crippen molar-refractivity contribution < 1.29 is 4.74 Å². The maximum atomic E-state index is 9.32. The molecule has 1 aromatic carbocycles. The second-order valence-corrected chi connectivity index (χ2v) is 5.21. The number of nitriles is 1. The van der Waals surface area contributed by atoms with Crippen LogP contribution in [0.5, 0.6) is 5.75 Å². The number of rotatable bonds is 5. The molecule has 0 bridgehead atoms. The molecule has 0 N–H and O–H groups in total. The Morgan fingerprint density at radius 3 is 2.90 bits per heavy atom. The zero-order valence-corrected chi connectivity index (χ0v) is 12.4. The lowest BCUT2D eigenvalue weighted by atomic mass is 10.1. The van der Waals surface area contributed by atoms with E-state index in [9.17, 15) is 5.26 Å². The molecule has 3 nitrogen and oxygen atoms in total. The van der Waals surface area contributed by atoms with Crippen molar-refractivity contribution in [2.45, 2.75) is 20.3 Å². The van der Waals surface area contributed by atoms with Crippen LogP contribution in [0, 0.1) is 18.3 Å². The summed E-state index contributed by atoms with van der Waals surface area (Å²) < 4.78 is 5.70. The van der Waals surface area contributed by atoms with Crippen molar-refractivity contribution >= 4 is 23.0 Å². The molecule has 20 heavy (non-hydrogen) atoms. The van der Waals surface area contributed by atoms with Crippen LogP contribution >= 0.6 is 11.3 Å². The van der Waals surface area contributed by atoms with E-state index in [0.29, 0.717) is 12.2 Å². The molecule has 2 aromatic rings. The van der Waals surface area contributed by atoms with Gasteiger partial charge in [0.2, 0.25) is 0 Å². The summed E-state index contributed by atoms with van der Waals surface area (Å²) >= 11 is 1.48. The van der Waals surface area contributed by atoms with Gasteiger partial charge in [-0.1, -0.05) is 25.1 Å². The van der Waals surface area contributed by atoms with Crippen molar-refractivity contribution in [1.82, 2.24) is 4.98 Å². The molecule has 4 heteroatoms. The molecule has 0 radical (unpaired) electrons. The average molecular weight is 284 g/mol. The summed E-state index contributed by atoms with van der Waals surface area (Å²) in [4.78, 5) is 4.36. The van der Waals surface area contributed by atoms with Crippen LogP contribution in [0.2, 0.25) is 0 Å². The summed E-state index contributed by atoms with van der Waals surface area (Å²) in [6, 6.07) is 9.95. The highest BCUT2D eigenvalue weighted by Gasteiger charge is 2.08. The monoisotopic (exact) mass is 284 g/mol. The van der Waals surface area contributed by atoms with Crippen LogP contribution in [0.1, 0.15) is 29.6 Å². The molecule has 0 fully saturated rings. The molecule has 0 atom stereocenters. The van der Waals surface area contributed by atoms with Crippen LogP contribution in [-0.2, 0) is 0 Å². The second kappa shape index (κ2) is 6.88. The molecule has 2 rings (SSSR count). The molecule has 0 unspecified atom stereocenters. The first-order valence-corrected chi connectivity index (χ1v) is 7.38. The highest BCUT2D eigenvalue weighted by Crippen LogP contribution is 2.26. The number of para-hydroxylation sites is 1. The Morgan fingerprint density at radius 1 is 1.45 bits per heavy atom. The van der Waals surface area contributed by atoms with Gasteiger partial charge in [0, 0.05) is 16.6 Å². The van der Waals surface area contributed by atoms with Gasteiger partial charge >= 0.3 is 0 Å². The van der Waals surface area contributed by atoms with Crippen LogP contribution in [0.25, 0.3) is 11.6 Å². The summed E-state index contributed by atoms with van der Waals surface area (Å²) in [5.74, 6) is 0.801. The highest BCUT2D eigenvalue weighted by atomic mass is 32.1. The van der Waals surface area contributed by atoms with Crippen molar-refractivity contribution in [3.05, 3.63) is 45.9 Å². The number of allylic oxidation sites excluding steroid dienone is 1. The van der Waals surface area contributed by atoms with Crippen molar-refractivity contribution in [3.63, 3.8) is 0 Å². The van der Waals surface area contributed by atoms with Crippen LogP contribution in [0.4, 0.5) is 0 Å². The van der Waals surface area contributed by atoms with E-state index in [0.717, 1.165) is 28.4 Å². The fourth-order valence-electron chi connectivity index (χ4n) is 1.72. The Morgan fingerprint density at radius 2 is 2.25 bits per heavy atom. The number of hydrogen-bond donors (Lipinski definition) is 0. The Balaban J connectivity index is 2.35. The van der Waals surface area contributed by atoms with Gasteiger partial charge in [0.25, 0.3) is 0 Å². The molecule has 0 saturated carbocycles. The number of aromatic nitrogens is 1. The van der Waals surface area contributed by atoms with Gasteiger partial charge in [-0.2, -0.15) is 5.26 Å². The largest absolute Gasteiger partial charge is 0.493 e. The number of benzene rings is 1. The van der Waals surface area contributed by atoms with Crippen LogP contribution in [-0.4, -0.2) is 11.6 Å². The summed E-state index contributed by atoms with van der Waals surface area (Å²) in [5.41, 5.74) is 2.41. The van der Waals surface area contributed by atoms with E-state index in [1.165, 1.54) is 11.3 Å². The standard InChI is InChI=1S/C16H16N2OS/c1-3-8-19-15-7-5-4-6-13(15)9-14(10-17)16-18-12(2)11-20-16/h4-7,9,11H,3,8H2,1-2H3/b14-9-. The minimum Gasteiger partial charge on any atom is -0.493 e. The molecule has 0 spiro atoms. The first kappa shape index (κ1) is 14.3. The van der Waals surface area contributed by atoms with Crippen molar-refractivity contribution in [2.75, 3.05) is 6.61 Å². The zero-order valence-electron chi connectivity index (χ0n) is 11.6. The highest BCUT2D eigenvalue weighted by molar-refractivity contribution is 7.11. The van der Waals surface area contributed by atoms with Crippen molar-refractivity contribution in [1.29, 1.82) is 5.26 Å². The number of ether oxygens (including phenoxy) is 1. The van der Waals surface area contributed by atoms with Crippen LogP contribution < -0.4 is 4.74 Å². The summed E-state index contributed by atoms with van der Waals surface area (Å²) in [6.07, 6.45) is 2.79. The smallest absolute Gasteiger partial charge is 0.134 e. The zero-order chi connectivity index (χ0) is 14.4. The molecule has 102 valence electrons. The lowest BCUT2D eigenvalue weighted by Crippen LogP contribution is -1.96. The van der Waals surface area contributed by atoms with Gasteiger partial charge in [-0.25, -0.2) is 4.98 Å². The Hall–Kier alpha value is -2.12. The van der Waals surface area contributed by atoms with Gasteiger partial charge in [-0.05, 0) is 25.5 Å². The van der Waals surface area contributed by atoms with E-state index in [4.69, 9.17) is 4.74 Å². The Kier molecular flexibility index (Phi) is 4.91. The van der Waals surface area contributed by atoms with E-state index in [1.54, 1.807) is 0 Å². The third-order valence-corrected chi connectivity index (χ3v) is 3.64. The maximum absolute atomic E-state index is 9.32. The van der Waals surface area contributed by atoms with Gasteiger partial charge < -0.3 is 4.74 Å². The fraction of sp³-hybridized carbons (Fsp3) is 0.250. The predicted octanol–water partition coefficient (Wildman–Crippen LogP) is 4.30. The lowest BCUT2D eigenvalue weighted by Gasteiger charge is -2.07. The first-order chi connectivity index (χ1) is 9.74. The average Bonchev–Trinajstić information content (AvgIpc) is 2.90. The summed E-state index contributed by atoms with van der Waals surface area (Å²) in [5, 5.41) is 12.0. The summed E-state index contributed by atoms with van der Waals surface area (Å²) in [7, 11) is 0. The van der Waals surface area contributed by atoms with E-state index in [2.05, 4.69) is 18.0 Å². The fourth-order valence-corrected chi connectivity index (χ4v) is 2.48. The minimum atomic E-state index is 0.565. The predicted molar refractivity (Wildman–Crippen MR) is 82.6 cm³/mol. The minimum absolute atomic E-state index is 0.565.